The second kappa shape index (κ2) is 9.36. The molecule has 1 aromatic carbocycles. The van der Waals surface area contributed by atoms with Gasteiger partial charge >= 0.3 is 12.1 Å². The van der Waals surface area contributed by atoms with Gasteiger partial charge < -0.3 is 24.5 Å². The number of amides is 2. The average molecular weight is 509 g/mol. The highest BCUT2D eigenvalue weighted by molar-refractivity contribution is 6.12. The van der Waals surface area contributed by atoms with Gasteiger partial charge in [-0.15, -0.1) is 0 Å². The monoisotopic (exact) mass is 508 g/mol. The van der Waals surface area contributed by atoms with Crippen molar-refractivity contribution < 1.29 is 24.2 Å². The third-order valence-corrected chi connectivity index (χ3v) is 6.84. The fraction of sp³-hybridized carbons (Fsp3) is 0.500. The number of pyridine rings is 1. The lowest BCUT2D eigenvalue weighted by molar-refractivity contribution is -0.122. The number of carboxylic acid groups (broad SMARTS) is 1. The van der Waals surface area contributed by atoms with Crippen LogP contribution in [0.25, 0.3) is 11.1 Å². The number of carboxylic acids is 1. The first kappa shape index (κ1) is 26.4. The van der Waals surface area contributed by atoms with E-state index in [-0.39, 0.29) is 23.6 Å². The molecular formula is C28H36N4O5. The zero-order chi connectivity index (χ0) is 27.3. The minimum absolute atomic E-state index is 0.101. The Balaban J connectivity index is 1.58. The third kappa shape index (κ3) is 4.99. The summed E-state index contributed by atoms with van der Waals surface area (Å²) in [7, 11) is 0. The van der Waals surface area contributed by atoms with Crippen molar-refractivity contribution in [3.63, 3.8) is 0 Å². The molecule has 9 heteroatoms. The first-order chi connectivity index (χ1) is 17.2. The van der Waals surface area contributed by atoms with Crippen molar-refractivity contribution in [2.24, 2.45) is 0 Å². The molecule has 9 nitrogen and oxygen atoms in total. The quantitative estimate of drug-likeness (QED) is 0.647. The largest absolute Gasteiger partial charge is 0.478 e. The summed E-state index contributed by atoms with van der Waals surface area (Å²) in [6.07, 6.45) is 1.42. The molecule has 0 saturated carbocycles. The van der Waals surface area contributed by atoms with Crippen LogP contribution in [0.3, 0.4) is 0 Å². The number of carbonyl (C=O) groups excluding carboxylic acids is 2. The van der Waals surface area contributed by atoms with E-state index in [1.54, 1.807) is 35.9 Å². The third-order valence-electron chi connectivity index (χ3n) is 6.84. The Kier molecular flexibility index (Phi) is 6.69. The number of aromatic carboxylic acids is 1. The number of benzene rings is 1. The molecule has 4 rings (SSSR count). The summed E-state index contributed by atoms with van der Waals surface area (Å²) in [4.78, 5) is 47.9. The summed E-state index contributed by atoms with van der Waals surface area (Å²) in [5.41, 5.74) is 1.34. The van der Waals surface area contributed by atoms with Gasteiger partial charge in [0.1, 0.15) is 11.4 Å². The second-order valence-corrected chi connectivity index (χ2v) is 11.5. The maximum atomic E-state index is 13.2. The van der Waals surface area contributed by atoms with Crippen LogP contribution in [0.2, 0.25) is 0 Å². The molecule has 2 aliphatic heterocycles. The lowest BCUT2D eigenvalue weighted by Crippen LogP contribution is -2.50. The number of anilines is 2. The van der Waals surface area contributed by atoms with Gasteiger partial charge in [0.05, 0.1) is 11.0 Å². The van der Waals surface area contributed by atoms with Crippen LogP contribution in [-0.4, -0.2) is 70.8 Å². The first-order valence-electron chi connectivity index (χ1n) is 12.7. The molecule has 1 saturated heterocycles. The number of hydrogen-bond acceptors (Lipinski definition) is 6. The van der Waals surface area contributed by atoms with Gasteiger partial charge in [0.25, 0.3) is 0 Å². The van der Waals surface area contributed by atoms with E-state index in [1.165, 1.54) is 0 Å². The molecule has 198 valence electrons. The van der Waals surface area contributed by atoms with E-state index in [0.717, 1.165) is 11.4 Å². The molecule has 2 aliphatic rings. The molecule has 0 radical (unpaired) electrons. The molecule has 0 unspecified atom stereocenters. The Morgan fingerprint density at radius 3 is 2.22 bits per heavy atom. The van der Waals surface area contributed by atoms with Gasteiger partial charge in [0.15, 0.2) is 0 Å². The van der Waals surface area contributed by atoms with E-state index in [1.807, 2.05) is 52.8 Å². The topological polar surface area (TPSA) is 103 Å². The maximum absolute atomic E-state index is 13.2. The van der Waals surface area contributed by atoms with Crippen LogP contribution < -0.4 is 9.80 Å². The maximum Gasteiger partial charge on any atom is 0.410 e. The number of carbonyl (C=O) groups is 3. The fourth-order valence-electron chi connectivity index (χ4n) is 5.03. The molecule has 37 heavy (non-hydrogen) atoms. The molecule has 0 aliphatic carbocycles. The minimum Gasteiger partial charge on any atom is -0.478 e. The van der Waals surface area contributed by atoms with E-state index in [2.05, 4.69) is 9.88 Å². The molecule has 1 fully saturated rings. The summed E-state index contributed by atoms with van der Waals surface area (Å²) < 4.78 is 5.47. The van der Waals surface area contributed by atoms with Gasteiger partial charge in [-0.2, -0.15) is 0 Å². The van der Waals surface area contributed by atoms with E-state index in [9.17, 15) is 19.5 Å². The SMILES string of the molecule is CC(C)N1C(=O)C(C)(C)c2c(C(=O)O)cc(-c3ccc(N4CCN(C(=O)OC(C)(C)C)CC4)nc3)cc21. The van der Waals surface area contributed by atoms with Crippen molar-refractivity contribution in [2.75, 3.05) is 36.0 Å². The van der Waals surface area contributed by atoms with E-state index < -0.39 is 17.0 Å². The van der Waals surface area contributed by atoms with Crippen LogP contribution in [-0.2, 0) is 14.9 Å². The molecule has 0 atom stereocenters. The normalized spacial score (nSPS) is 17.3. The highest BCUT2D eigenvalue weighted by Crippen LogP contribution is 2.46. The zero-order valence-electron chi connectivity index (χ0n) is 22.7. The molecule has 0 bridgehead atoms. The summed E-state index contributed by atoms with van der Waals surface area (Å²) in [5, 5.41) is 10.0. The van der Waals surface area contributed by atoms with Crippen LogP contribution in [0, 0.1) is 0 Å². The minimum atomic E-state index is -1.06. The number of nitrogens with zero attached hydrogens (tertiary/aromatic N) is 4. The first-order valence-corrected chi connectivity index (χ1v) is 12.7. The number of ether oxygens (including phenoxy) is 1. The van der Waals surface area contributed by atoms with Gasteiger partial charge in [-0.25, -0.2) is 14.6 Å². The Morgan fingerprint density at radius 1 is 1.05 bits per heavy atom. The highest BCUT2D eigenvalue weighted by atomic mass is 16.6. The smallest absolute Gasteiger partial charge is 0.410 e. The van der Waals surface area contributed by atoms with Crippen molar-refractivity contribution in [3.8, 4) is 11.1 Å². The molecular weight excluding hydrogens is 472 g/mol. The fourth-order valence-corrected chi connectivity index (χ4v) is 5.03. The van der Waals surface area contributed by atoms with Crippen molar-refractivity contribution >= 4 is 29.5 Å². The van der Waals surface area contributed by atoms with Crippen LogP contribution in [0.1, 0.15) is 64.4 Å². The predicted molar refractivity (Wildman–Crippen MR) is 142 cm³/mol. The van der Waals surface area contributed by atoms with Crippen LogP contribution >= 0.6 is 0 Å². The van der Waals surface area contributed by atoms with Crippen LogP contribution in [0.5, 0.6) is 0 Å². The molecule has 3 heterocycles. The van der Waals surface area contributed by atoms with Gasteiger partial charge in [-0.1, -0.05) is 0 Å². The number of hydrogen-bond donors (Lipinski definition) is 1. The Morgan fingerprint density at radius 2 is 1.70 bits per heavy atom. The molecule has 1 aromatic heterocycles. The lowest BCUT2D eigenvalue weighted by atomic mass is 9.82. The van der Waals surface area contributed by atoms with Crippen molar-refractivity contribution in [1.29, 1.82) is 0 Å². The van der Waals surface area contributed by atoms with E-state index in [0.29, 0.717) is 43.0 Å². The Labute approximate surface area is 218 Å². The number of aromatic nitrogens is 1. The summed E-state index contributed by atoms with van der Waals surface area (Å²) in [5.74, 6) is -0.375. The lowest BCUT2D eigenvalue weighted by Gasteiger charge is -2.36. The highest BCUT2D eigenvalue weighted by Gasteiger charge is 2.47. The number of fused-ring (bicyclic) bond motifs is 1. The average Bonchev–Trinajstić information content (AvgIpc) is 3.02. The van der Waals surface area contributed by atoms with E-state index >= 15 is 0 Å². The number of piperazine rings is 1. The van der Waals surface area contributed by atoms with Gasteiger partial charge in [-0.05, 0) is 78.3 Å². The summed E-state index contributed by atoms with van der Waals surface area (Å²) in [6.45, 7) is 15.3. The Bertz CT molecular complexity index is 1220. The van der Waals surface area contributed by atoms with Gasteiger partial charge in [-0.3, -0.25) is 4.79 Å². The van der Waals surface area contributed by atoms with Crippen molar-refractivity contribution in [3.05, 3.63) is 41.6 Å². The van der Waals surface area contributed by atoms with Crippen LogP contribution in [0.15, 0.2) is 30.5 Å². The van der Waals surface area contributed by atoms with E-state index in [4.69, 9.17) is 4.74 Å². The molecule has 1 N–H and O–H groups in total. The molecule has 2 aromatic rings. The van der Waals surface area contributed by atoms with Crippen molar-refractivity contribution in [2.45, 2.75) is 65.5 Å². The van der Waals surface area contributed by atoms with Gasteiger partial charge in [0, 0.05) is 55.2 Å². The summed E-state index contributed by atoms with van der Waals surface area (Å²) in [6, 6.07) is 7.24. The van der Waals surface area contributed by atoms with Crippen molar-refractivity contribution in [1.82, 2.24) is 9.88 Å². The standard InChI is InChI=1S/C28H36N4O5/c1-17(2)32-21-15-19(14-20(24(33)34)23(21)28(6,7)25(32)35)18-8-9-22(29-16-18)30-10-12-31(13-11-30)26(36)37-27(3,4)5/h8-9,14-17H,10-13H2,1-7H3,(H,33,34). The number of rotatable bonds is 4. The second-order valence-electron chi connectivity index (χ2n) is 11.5. The van der Waals surface area contributed by atoms with Gasteiger partial charge in [0.2, 0.25) is 5.91 Å². The molecule has 2 amide bonds. The van der Waals surface area contributed by atoms with Crippen LogP contribution in [0.4, 0.5) is 16.3 Å². The zero-order valence-corrected chi connectivity index (χ0v) is 22.7. The predicted octanol–water partition coefficient (Wildman–Crippen LogP) is 4.54. The molecule has 0 spiro atoms. The Hall–Kier alpha value is -3.62. The summed E-state index contributed by atoms with van der Waals surface area (Å²) >= 11 is 0.